The van der Waals surface area contributed by atoms with Crippen LogP contribution in [0.15, 0.2) is 48.0 Å². The highest BCUT2D eigenvalue weighted by Gasteiger charge is 2.27. The molecule has 2 atom stereocenters. The summed E-state index contributed by atoms with van der Waals surface area (Å²) < 4.78 is 27.1. The zero-order valence-corrected chi connectivity index (χ0v) is 15.8. The zero-order valence-electron chi connectivity index (χ0n) is 14.2. The van der Waals surface area contributed by atoms with Crippen molar-refractivity contribution in [2.24, 2.45) is 0 Å². The van der Waals surface area contributed by atoms with Gasteiger partial charge in [0, 0.05) is 15.9 Å². The Bertz CT molecular complexity index is 1020. The van der Waals surface area contributed by atoms with Gasteiger partial charge in [-0.25, -0.2) is 8.78 Å². The average Bonchev–Trinajstić information content (AvgIpc) is 3.01. The van der Waals surface area contributed by atoms with Gasteiger partial charge in [0.1, 0.15) is 0 Å². The van der Waals surface area contributed by atoms with Crippen LogP contribution in [0.25, 0.3) is 16.2 Å². The Hall–Kier alpha value is -2.28. The van der Waals surface area contributed by atoms with Gasteiger partial charge in [-0.3, -0.25) is 4.79 Å². The van der Waals surface area contributed by atoms with E-state index in [1.165, 1.54) is 36.6 Å². The van der Waals surface area contributed by atoms with E-state index in [0.717, 1.165) is 22.2 Å². The summed E-state index contributed by atoms with van der Waals surface area (Å²) in [6.45, 7) is 1.54. The molecule has 0 aliphatic rings. The number of carbonyl (C=O) groups is 1. The minimum absolute atomic E-state index is 0.399. The standard InChI is InChI=1S/C20H16ClF2NO2S/c1-11(25)19(15-10-27-18-5-3-13(21)9-14(15)18)20(26)24-7-6-12-2-4-16(22)17(23)8-12/h2-11,19,25H,1H3,(H,24,26)/b7-6+. The number of carbonyl (C=O) groups excluding carboxylic acids is 1. The molecule has 7 heteroatoms. The van der Waals surface area contributed by atoms with Crippen molar-refractivity contribution in [3.05, 3.63) is 75.8 Å². The van der Waals surface area contributed by atoms with Crippen molar-refractivity contribution < 1.29 is 18.7 Å². The largest absolute Gasteiger partial charge is 0.392 e. The number of aliphatic hydroxyl groups excluding tert-OH is 1. The molecule has 1 amide bonds. The fourth-order valence-corrected chi connectivity index (χ4v) is 3.96. The molecule has 2 N–H and O–H groups in total. The minimum Gasteiger partial charge on any atom is -0.392 e. The number of nitrogens with one attached hydrogen (secondary N) is 1. The number of benzene rings is 2. The maximum atomic E-state index is 13.2. The molecule has 27 heavy (non-hydrogen) atoms. The van der Waals surface area contributed by atoms with Gasteiger partial charge in [0.25, 0.3) is 0 Å². The Morgan fingerprint density at radius 2 is 2.00 bits per heavy atom. The zero-order chi connectivity index (χ0) is 19.6. The normalized spacial score (nSPS) is 13.8. The first kappa shape index (κ1) is 19.5. The lowest BCUT2D eigenvalue weighted by Crippen LogP contribution is -2.31. The van der Waals surface area contributed by atoms with Crippen LogP contribution in [0.1, 0.15) is 24.0 Å². The van der Waals surface area contributed by atoms with E-state index in [1.807, 2.05) is 11.4 Å². The number of hydrogen-bond acceptors (Lipinski definition) is 3. The van der Waals surface area contributed by atoms with Crippen molar-refractivity contribution in [2.45, 2.75) is 18.9 Å². The fourth-order valence-electron chi connectivity index (χ4n) is 2.81. The maximum absolute atomic E-state index is 13.2. The van der Waals surface area contributed by atoms with Crippen molar-refractivity contribution in [1.82, 2.24) is 5.32 Å². The summed E-state index contributed by atoms with van der Waals surface area (Å²) in [4.78, 5) is 12.6. The maximum Gasteiger partial charge on any atom is 0.234 e. The predicted molar refractivity (Wildman–Crippen MR) is 105 cm³/mol. The van der Waals surface area contributed by atoms with Crippen LogP contribution >= 0.6 is 22.9 Å². The molecule has 2 aromatic carbocycles. The van der Waals surface area contributed by atoms with E-state index >= 15 is 0 Å². The first-order chi connectivity index (χ1) is 12.9. The van der Waals surface area contributed by atoms with E-state index < -0.39 is 29.6 Å². The van der Waals surface area contributed by atoms with Crippen LogP contribution in [0.4, 0.5) is 8.78 Å². The number of fused-ring (bicyclic) bond motifs is 1. The third-order valence-electron chi connectivity index (χ3n) is 4.11. The second-order valence-electron chi connectivity index (χ2n) is 6.07. The van der Waals surface area contributed by atoms with Crippen molar-refractivity contribution in [3.63, 3.8) is 0 Å². The number of thiophene rings is 1. The number of amides is 1. The SMILES string of the molecule is CC(O)C(C(=O)N/C=C/c1ccc(F)c(F)c1)c1csc2ccc(Cl)cc12. The topological polar surface area (TPSA) is 49.3 Å². The predicted octanol–water partition coefficient (Wildman–Crippen LogP) is 5.08. The summed E-state index contributed by atoms with van der Waals surface area (Å²) in [5.74, 6) is -3.12. The Balaban J connectivity index is 1.82. The van der Waals surface area contributed by atoms with Crippen molar-refractivity contribution >= 4 is 45.0 Å². The monoisotopic (exact) mass is 407 g/mol. The van der Waals surface area contributed by atoms with Gasteiger partial charge < -0.3 is 10.4 Å². The van der Waals surface area contributed by atoms with E-state index in [4.69, 9.17) is 11.6 Å². The average molecular weight is 408 g/mol. The molecule has 0 saturated carbocycles. The van der Waals surface area contributed by atoms with Crippen LogP contribution < -0.4 is 5.32 Å². The smallest absolute Gasteiger partial charge is 0.234 e. The fraction of sp³-hybridized carbons (Fsp3) is 0.150. The van der Waals surface area contributed by atoms with Gasteiger partial charge in [0.2, 0.25) is 5.91 Å². The summed E-state index contributed by atoms with van der Waals surface area (Å²) in [6.07, 6.45) is 1.85. The summed E-state index contributed by atoms with van der Waals surface area (Å²) in [5.41, 5.74) is 1.08. The number of hydrogen-bond donors (Lipinski definition) is 2. The van der Waals surface area contributed by atoms with Gasteiger partial charge >= 0.3 is 0 Å². The van der Waals surface area contributed by atoms with Crippen LogP contribution in [0.5, 0.6) is 0 Å². The molecule has 3 aromatic rings. The Morgan fingerprint density at radius 3 is 2.70 bits per heavy atom. The van der Waals surface area contributed by atoms with Gasteiger partial charge in [-0.05, 0) is 65.2 Å². The number of aliphatic hydroxyl groups is 1. The molecule has 0 saturated heterocycles. The summed E-state index contributed by atoms with van der Waals surface area (Å²) >= 11 is 7.52. The molecular formula is C20H16ClF2NO2S. The second kappa shape index (κ2) is 8.17. The van der Waals surface area contributed by atoms with E-state index in [-0.39, 0.29) is 0 Å². The van der Waals surface area contributed by atoms with E-state index in [0.29, 0.717) is 16.1 Å². The Labute approximate surface area is 163 Å². The van der Waals surface area contributed by atoms with Gasteiger partial charge in [-0.2, -0.15) is 0 Å². The third kappa shape index (κ3) is 4.35. The van der Waals surface area contributed by atoms with Crippen LogP contribution in [0, 0.1) is 11.6 Å². The van der Waals surface area contributed by atoms with E-state index in [1.54, 1.807) is 12.1 Å². The molecule has 0 bridgehead atoms. The molecule has 1 heterocycles. The summed E-state index contributed by atoms with van der Waals surface area (Å²) in [6, 6.07) is 8.83. The van der Waals surface area contributed by atoms with Gasteiger partial charge in [-0.1, -0.05) is 17.7 Å². The minimum atomic E-state index is -0.966. The molecule has 0 radical (unpaired) electrons. The molecule has 0 aliphatic heterocycles. The lowest BCUT2D eigenvalue weighted by atomic mass is 9.93. The highest BCUT2D eigenvalue weighted by molar-refractivity contribution is 7.17. The lowest BCUT2D eigenvalue weighted by Gasteiger charge is -2.18. The molecule has 3 rings (SSSR count). The van der Waals surface area contributed by atoms with Crippen molar-refractivity contribution in [1.29, 1.82) is 0 Å². The highest BCUT2D eigenvalue weighted by Crippen LogP contribution is 2.35. The van der Waals surface area contributed by atoms with Gasteiger partial charge in [-0.15, -0.1) is 11.3 Å². The first-order valence-electron chi connectivity index (χ1n) is 8.13. The molecule has 0 aliphatic carbocycles. The summed E-state index contributed by atoms with van der Waals surface area (Å²) in [5, 5.41) is 15.9. The molecule has 0 spiro atoms. The highest BCUT2D eigenvalue weighted by atomic mass is 35.5. The van der Waals surface area contributed by atoms with Crippen molar-refractivity contribution in [2.75, 3.05) is 0 Å². The van der Waals surface area contributed by atoms with Crippen LogP contribution in [0.2, 0.25) is 5.02 Å². The van der Waals surface area contributed by atoms with Crippen LogP contribution in [-0.2, 0) is 4.79 Å². The van der Waals surface area contributed by atoms with E-state index in [9.17, 15) is 18.7 Å². The lowest BCUT2D eigenvalue weighted by molar-refractivity contribution is -0.123. The first-order valence-corrected chi connectivity index (χ1v) is 9.39. The quantitative estimate of drug-likeness (QED) is 0.619. The number of halogens is 3. The Kier molecular flexibility index (Phi) is 5.89. The second-order valence-corrected chi connectivity index (χ2v) is 7.41. The molecule has 1 aromatic heterocycles. The van der Waals surface area contributed by atoms with Gasteiger partial charge in [0.15, 0.2) is 11.6 Å². The third-order valence-corrected chi connectivity index (χ3v) is 5.33. The molecule has 140 valence electrons. The van der Waals surface area contributed by atoms with E-state index in [2.05, 4.69) is 5.32 Å². The summed E-state index contributed by atoms with van der Waals surface area (Å²) in [7, 11) is 0. The van der Waals surface area contributed by atoms with Gasteiger partial charge in [0.05, 0.1) is 12.0 Å². The molecule has 0 fully saturated rings. The molecule has 2 unspecified atom stereocenters. The molecular weight excluding hydrogens is 392 g/mol. The Morgan fingerprint density at radius 1 is 1.22 bits per heavy atom. The van der Waals surface area contributed by atoms with Crippen LogP contribution in [-0.4, -0.2) is 17.1 Å². The van der Waals surface area contributed by atoms with Crippen LogP contribution in [0.3, 0.4) is 0 Å². The number of rotatable bonds is 5. The van der Waals surface area contributed by atoms with Crippen molar-refractivity contribution in [3.8, 4) is 0 Å². The molecule has 3 nitrogen and oxygen atoms in total.